The first-order valence-electron chi connectivity index (χ1n) is 9.61. The molecular formula is C23H15Cl2N3O5. The molecule has 1 aliphatic heterocycles. The van der Waals surface area contributed by atoms with Crippen LogP contribution in [0.2, 0.25) is 10.0 Å². The Labute approximate surface area is 198 Å². The molecule has 0 aromatic heterocycles. The number of anilines is 1. The van der Waals surface area contributed by atoms with Crippen LogP contribution < -0.4 is 15.2 Å². The maximum atomic E-state index is 12.7. The zero-order valence-corrected chi connectivity index (χ0v) is 18.3. The fraction of sp³-hybridized carbons (Fsp3) is 0.0435. The first kappa shape index (κ1) is 22.3. The van der Waals surface area contributed by atoms with Gasteiger partial charge in [0.1, 0.15) is 12.2 Å². The fourth-order valence-corrected chi connectivity index (χ4v) is 3.81. The summed E-state index contributed by atoms with van der Waals surface area (Å²) in [5.74, 6) is -0.883. The van der Waals surface area contributed by atoms with Crippen molar-refractivity contribution in [1.82, 2.24) is 5.43 Å². The van der Waals surface area contributed by atoms with Gasteiger partial charge in [-0.1, -0.05) is 53.5 Å². The van der Waals surface area contributed by atoms with Gasteiger partial charge in [-0.2, -0.15) is 0 Å². The average molecular weight is 484 g/mol. The lowest BCUT2D eigenvalue weighted by Gasteiger charge is -2.14. The van der Waals surface area contributed by atoms with Gasteiger partial charge in [0, 0.05) is 12.1 Å². The molecule has 1 heterocycles. The largest absolute Gasteiger partial charge is 0.486 e. The van der Waals surface area contributed by atoms with E-state index >= 15 is 0 Å². The van der Waals surface area contributed by atoms with Crippen LogP contribution in [-0.2, 0) is 16.2 Å². The third kappa shape index (κ3) is 4.82. The molecule has 0 radical (unpaired) electrons. The minimum Gasteiger partial charge on any atom is -0.486 e. The molecule has 1 aliphatic rings. The van der Waals surface area contributed by atoms with E-state index in [1.165, 1.54) is 30.3 Å². The summed E-state index contributed by atoms with van der Waals surface area (Å²) in [4.78, 5) is 35.5. The third-order valence-electron chi connectivity index (χ3n) is 4.74. The third-order valence-corrected chi connectivity index (χ3v) is 5.30. The highest BCUT2D eigenvalue weighted by atomic mass is 35.5. The number of ether oxygens (including phenoxy) is 1. The van der Waals surface area contributed by atoms with Crippen molar-refractivity contribution in [2.24, 2.45) is 0 Å². The van der Waals surface area contributed by atoms with E-state index in [0.29, 0.717) is 16.8 Å². The van der Waals surface area contributed by atoms with Crippen LogP contribution in [-0.4, -0.2) is 16.7 Å². The molecule has 1 fully saturated rings. The first-order chi connectivity index (χ1) is 15.8. The van der Waals surface area contributed by atoms with Gasteiger partial charge in [-0.25, -0.2) is 5.01 Å². The van der Waals surface area contributed by atoms with Gasteiger partial charge >= 0.3 is 0 Å². The quantitative estimate of drug-likeness (QED) is 0.231. The molecule has 0 unspecified atom stereocenters. The van der Waals surface area contributed by atoms with E-state index in [4.69, 9.17) is 27.9 Å². The highest BCUT2D eigenvalue weighted by molar-refractivity contribution is 6.37. The monoisotopic (exact) mass is 483 g/mol. The van der Waals surface area contributed by atoms with Gasteiger partial charge in [-0.15, -0.1) is 0 Å². The summed E-state index contributed by atoms with van der Waals surface area (Å²) in [5.41, 5.74) is 3.92. The molecule has 0 atom stereocenters. The Balaban J connectivity index is 1.54. The number of non-ortho nitro benzene ring substituents is 1. The lowest BCUT2D eigenvalue weighted by molar-refractivity contribution is -0.384. The number of nitrogens with zero attached hydrogens (tertiary/aromatic N) is 2. The minimum absolute atomic E-state index is 0.00842. The maximum absolute atomic E-state index is 12.7. The van der Waals surface area contributed by atoms with E-state index < -0.39 is 16.7 Å². The van der Waals surface area contributed by atoms with E-state index in [2.05, 4.69) is 5.43 Å². The summed E-state index contributed by atoms with van der Waals surface area (Å²) in [6.07, 6.45) is 1.39. The number of nitro benzene ring substituents is 1. The van der Waals surface area contributed by atoms with Gasteiger partial charge in [0.15, 0.2) is 5.75 Å². The molecule has 1 N–H and O–H groups in total. The van der Waals surface area contributed by atoms with Crippen molar-refractivity contribution in [3.05, 3.63) is 104 Å². The fourth-order valence-electron chi connectivity index (χ4n) is 3.20. The van der Waals surface area contributed by atoms with Crippen molar-refractivity contribution in [2.75, 3.05) is 5.01 Å². The van der Waals surface area contributed by atoms with Crippen molar-refractivity contribution >= 4 is 52.5 Å². The van der Waals surface area contributed by atoms with Crippen LogP contribution in [0.4, 0.5) is 11.4 Å². The topological polar surface area (TPSA) is 102 Å². The SMILES string of the molecule is O=C1NN(c2ccccc2)C(=O)/C1=C\c1cc(Cl)c(OCc2cccc([N+](=O)[O-])c2)c(Cl)c1. The number of hydrogen-bond acceptors (Lipinski definition) is 5. The molecule has 0 spiro atoms. The summed E-state index contributed by atoms with van der Waals surface area (Å²) in [6.45, 7) is 0.00842. The Hall–Kier alpha value is -3.88. The second kappa shape index (κ2) is 9.32. The number of para-hydroxylation sites is 1. The number of halogens is 2. The summed E-state index contributed by atoms with van der Waals surface area (Å²) >= 11 is 12.6. The van der Waals surface area contributed by atoms with E-state index in [0.717, 1.165) is 5.01 Å². The Morgan fingerprint density at radius 3 is 2.36 bits per heavy atom. The maximum Gasteiger partial charge on any atom is 0.282 e. The molecule has 166 valence electrons. The number of amides is 2. The van der Waals surface area contributed by atoms with Gasteiger partial charge < -0.3 is 4.74 Å². The molecule has 33 heavy (non-hydrogen) atoms. The van der Waals surface area contributed by atoms with Crippen LogP contribution in [0.3, 0.4) is 0 Å². The number of carbonyl (C=O) groups excluding carboxylic acids is 2. The Morgan fingerprint density at radius 2 is 1.70 bits per heavy atom. The number of nitrogens with one attached hydrogen (secondary N) is 1. The van der Waals surface area contributed by atoms with E-state index in [-0.39, 0.29) is 33.7 Å². The number of nitro groups is 1. The molecule has 3 aromatic carbocycles. The van der Waals surface area contributed by atoms with Crippen LogP contribution >= 0.6 is 23.2 Å². The summed E-state index contributed by atoms with van der Waals surface area (Å²) < 4.78 is 5.67. The second-order valence-electron chi connectivity index (χ2n) is 7.00. The predicted octanol–water partition coefficient (Wildman–Crippen LogP) is 4.94. The molecule has 0 aliphatic carbocycles. The molecule has 0 bridgehead atoms. The van der Waals surface area contributed by atoms with Gasteiger partial charge in [0.05, 0.1) is 20.7 Å². The average Bonchev–Trinajstić information content (AvgIpc) is 3.07. The number of hydrazine groups is 1. The summed E-state index contributed by atoms with van der Waals surface area (Å²) in [7, 11) is 0. The van der Waals surface area contributed by atoms with Crippen molar-refractivity contribution in [3.8, 4) is 5.75 Å². The summed E-state index contributed by atoms with van der Waals surface area (Å²) in [6, 6.07) is 17.7. The zero-order valence-electron chi connectivity index (χ0n) is 16.8. The Kier molecular flexibility index (Phi) is 6.30. The van der Waals surface area contributed by atoms with Crippen molar-refractivity contribution in [1.29, 1.82) is 0 Å². The highest BCUT2D eigenvalue weighted by Crippen LogP contribution is 2.36. The Morgan fingerprint density at radius 1 is 1.00 bits per heavy atom. The molecular weight excluding hydrogens is 469 g/mol. The number of hydrogen-bond donors (Lipinski definition) is 1. The molecule has 0 saturated carbocycles. The predicted molar refractivity (Wildman–Crippen MR) is 124 cm³/mol. The summed E-state index contributed by atoms with van der Waals surface area (Å²) in [5, 5.41) is 12.4. The van der Waals surface area contributed by atoms with Gasteiger partial charge in [0.25, 0.3) is 17.5 Å². The normalized spacial score (nSPS) is 14.5. The van der Waals surface area contributed by atoms with Crippen LogP contribution in [0.5, 0.6) is 5.75 Å². The minimum atomic E-state index is -0.554. The van der Waals surface area contributed by atoms with Crippen molar-refractivity contribution < 1.29 is 19.2 Å². The number of carbonyl (C=O) groups is 2. The van der Waals surface area contributed by atoms with Gasteiger partial charge in [-0.05, 0) is 41.5 Å². The van der Waals surface area contributed by atoms with Gasteiger partial charge in [-0.3, -0.25) is 25.1 Å². The standard InChI is InChI=1S/C23H15Cl2N3O5/c24-19-11-15(10-18-22(29)26-27(23(18)30)16-6-2-1-3-7-16)12-20(25)21(19)33-13-14-5-4-8-17(9-14)28(31)32/h1-12H,13H2,(H,26,29)/b18-10-. The zero-order chi connectivity index (χ0) is 23.5. The lowest BCUT2D eigenvalue weighted by atomic mass is 10.1. The van der Waals surface area contributed by atoms with Gasteiger partial charge in [0.2, 0.25) is 0 Å². The molecule has 10 heteroatoms. The molecule has 8 nitrogen and oxygen atoms in total. The molecule has 3 aromatic rings. The van der Waals surface area contributed by atoms with Crippen molar-refractivity contribution in [3.63, 3.8) is 0 Å². The van der Waals surface area contributed by atoms with Crippen LogP contribution in [0.25, 0.3) is 6.08 Å². The smallest absolute Gasteiger partial charge is 0.282 e. The van der Waals surface area contributed by atoms with Crippen molar-refractivity contribution in [2.45, 2.75) is 6.61 Å². The Bertz CT molecular complexity index is 1270. The lowest BCUT2D eigenvalue weighted by Crippen LogP contribution is -2.35. The first-order valence-corrected chi connectivity index (χ1v) is 10.4. The molecule has 4 rings (SSSR count). The van der Waals surface area contributed by atoms with E-state index in [1.54, 1.807) is 42.5 Å². The van der Waals surface area contributed by atoms with Crippen LogP contribution in [0.15, 0.2) is 72.3 Å². The van der Waals surface area contributed by atoms with E-state index in [9.17, 15) is 19.7 Å². The van der Waals surface area contributed by atoms with Crippen LogP contribution in [0, 0.1) is 10.1 Å². The molecule has 2 amide bonds. The second-order valence-corrected chi connectivity index (χ2v) is 7.82. The number of benzene rings is 3. The van der Waals surface area contributed by atoms with E-state index in [1.807, 2.05) is 0 Å². The number of rotatable bonds is 6. The van der Waals surface area contributed by atoms with Crippen LogP contribution in [0.1, 0.15) is 11.1 Å². The molecule has 1 saturated heterocycles. The highest BCUT2D eigenvalue weighted by Gasteiger charge is 2.34.